The fraction of sp³-hybridized carbons (Fsp3) is 0.781. The highest BCUT2D eigenvalue weighted by Gasteiger charge is 2.59. The summed E-state index contributed by atoms with van der Waals surface area (Å²) in [7, 11) is 2.13. The number of halogens is 1. The predicted molar refractivity (Wildman–Crippen MR) is 156 cm³/mol. The van der Waals surface area contributed by atoms with Crippen LogP contribution in [0.2, 0.25) is 0 Å². The molecule has 0 radical (unpaired) electrons. The second-order valence-corrected chi connectivity index (χ2v) is 13.8. The van der Waals surface area contributed by atoms with Crippen LogP contribution in [0.5, 0.6) is 0 Å². The lowest BCUT2D eigenvalue weighted by molar-refractivity contribution is -0.208. The maximum absolute atomic E-state index is 16.0. The number of morpholine rings is 1. The van der Waals surface area contributed by atoms with Crippen molar-refractivity contribution in [1.29, 1.82) is 0 Å². The zero-order valence-corrected chi connectivity index (χ0v) is 24.8. The minimum Gasteiger partial charge on any atom is -0.369 e. The maximum Gasteiger partial charge on any atom is 0.256 e. The molecule has 3 aliphatic carbocycles. The largest absolute Gasteiger partial charge is 0.369 e. The number of imidazole rings is 1. The van der Waals surface area contributed by atoms with Crippen LogP contribution in [0, 0.1) is 17.8 Å². The van der Waals surface area contributed by atoms with Crippen molar-refractivity contribution in [3.05, 3.63) is 30.0 Å². The van der Waals surface area contributed by atoms with Gasteiger partial charge in [-0.15, -0.1) is 0 Å². The van der Waals surface area contributed by atoms with E-state index in [9.17, 15) is 9.59 Å². The van der Waals surface area contributed by atoms with E-state index in [0.717, 1.165) is 37.9 Å². The summed E-state index contributed by atoms with van der Waals surface area (Å²) >= 11 is 0. The zero-order chi connectivity index (χ0) is 28.8. The van der Waals surface area contributed by atoms with Crippen LogP contribution in [0.3, 0.4) is 0 Å². The molecule has 7 rings (SSSR count). The number of aromatic amines is 1. The van der Waals surface area contributed by atoms with Gasteiger partial charge in [-0.1, -0.05) is 25.7 Å². The Labute approximate surface area is 248 Å². The first-order valence-corrected chi connectivity index (χ1v) is 16.5. The Hall–Kier alpha value is -2.30. The summed E-state index contributed by atoms with van der Waals surface area (Å²) in [6, 6.07) is -0.153. The van der Waals surface area contributed by atoms with Gasteiger partial charge in [-0.3, -0.25) is 9.59 Å². The van der Waals surface area contributed by atoms with Crippen molar-refractivity contribution in [3.63, 3.8) is 0 Å². The van der Waals surface area contributed by atoms with Gasteiger partial charge in [0.15, 0.2) is 5.78 Å². The monoisotopic (exact) mass is 582 g/mol. The minimum atomic E-state index is -1.23. The van der Waals surface area contributed by atoms with Gasteiger partial charge in [-0.2, -0.15) is 0 Å². The lowest BCUT2D eigenvalue weighted by Crippen LogP contribution is -2.73. The summed E-state index contributed by atoms with van der Waals surface area (Å²) in [5, 5.41) is 6.52. The molecule has 5 fully saturated rings. The number of fused-ring (bicyclic) bond motifs is 3. The summed E-state index contributed by atoms with van der Waals surface area (Å²) in [5.41, 5.74) is 1.21. The molecular formula is C32H47FN6O3. The van der Waals surface area contributed by atoms with Gasteiger partial charge in [0, 0.05) is 49.6 Å². The highest BCUT2D eigenvalue weighted by atomic mass is 19.1. The second-order valence-electron chi connectivity index (χ2n) is 13.8. The van der Waals surface area contributed by atoms with E-state index in [4.69, 9.17) is 4.74 Å². The van der Waals surface area contributed by atoms with Crippen molar-refractivity contribution >= 4 is 11.7 Å². The first-order valence-electron chi connectivity index (χ1n) is 16.5. The van der Waals surface area contributed by atoms with E-state index >= 15 is 4.39 Å². The molecule has 1 aromatic rings. The van der Waals surface area contributed by atoms with E-state index in [-0.39, 0.29) is 41.9 Å². The van der Waals surface area contributed by atoms with Crippen LogP contribution in [0.1, 0.15) is 69.9 Å². The number of nitrogens with zero attached hydrogens (tertiary/aromatic N) is 3. The number of Topliss-reactive ketones (excluding diaryl/α,β-unsaturated/α-hetero) is 1. The Morgan fingerprint density at radius 1 is 1.14 bits per heavy atom. The Morgan fingerprint density at radius 2 is 1.98 bits per heavy atom. The molecule has 0 aromatic carbocycles. The van der Waals surface area contributed by atoms with E-state index < -0.39 is 24.2 Å². The number of nitrogens with one attached hydrogen (secondary N) is 3. The molecule has 0 bridgehead atoms. The normalized spacial score (nSPS) is 39.7. The van der Waals surface area contributed by atoms with Crippen molar-refractivity contribution in [2.75, 3.05) is 26.7 Å². The van der Waals surface area contributed by atoms with Gasteiger partial charge in [-0.05, 0) is 64.0 Å². The van der Waals surface area contributed by atoms with Crippen molar-refractivity contribution in [1.82, 2.24) is 30.4 Å². The fourth-order valence-electron chi connectivity index (χ4n) is 9.28. The number of likely N-dealkylation sites (tertiary alicyclic amines) is 1. The van der Waals surface area contributed by atoms with Crippen molar-refractivity contribution in [3.8, 4) is 0 Å². The Kier molecular flexibility index (Phi) is 8.13. The van der Waals surface area contributed by atoms with Crippen molar-refractivity contribution < 1.29 is 18.7 Å². The van der Waals surface area contributed by atoms with Crippen LogP contribution in [0.25, 0.3) is 0 Å². The summed E-state index contributed by atoms with van der Waals surface area (Å²) < 4.78 is 22.9. The van der Waals surface area contributed by atoms with Crippen LogP contribution >= 0.6 is 0 Å². The Bertz CT molecular complexity index is 1160. The number of ether oxygens (including phenoxy) is 1. The van der Waals surface area contributed by atoms with Crippen LogP contribution in [0.4, 0.5) is 4.39 Å². The lowest BCUT2D eigenvalue weighted by Gasteiger charge is -2.61. The standard InChI is InChI=1S/C32H47FN6O3/c1-38-12-4-7-22(38)9-11-36-32(41)24-17-39-26-13-19-5-2-3-6-20(19)14-27(26)42-31-28(35-10-8-21-16-34-18-37-21)25(33)15-23(29(31)39)30(24)40/h16-20,22-23,25-29,31,35H,2-15H2,1H3,(H,34,37)(H,36,41). The Balaban J connectivity index is 1.13. The molecule has 10 unspecified atom stereocenters. The van der Waals surface area contributed by atoms with Gasteiger partial charge in [0.1, 0.15) is 6.17 Å². The molecule has 0 spiro atoms. The van der Waals surface area contributed by atoms with E-state index in [1.807, 2.05) is 6.20 Å². The lowest BCUT2D eigenvalue weighted by atomic mass is 9.65. The number of alkyl halides is 1. The molecule has 1 aromatic heterocycles. The molecule has 230 valence electrons. The minimum absolute atomic E-state index is 0.0138. The van der Waals surface area contributed by atoms with E-state index in [0.29, 0.717) is 37.4 Å². The predicted octanol–water partition coefficient (Wildman–Crippen LogP) is 2.74. The van der Waals surface area contributed by atoms with Gasteiger partial charge in [0.05, 0.1) is 42.2 Å². The first-order chi connectivity index (χ1) is 20.5. The van der Waals surface area contributed by atoms with E-state index in [2.05, 4.69) is 37.4 Å². The highest BCUT2D eigenvalue weighted by Crippen LogP contribution is 2.50. The van der Waals surface area contributed by atoms with Gasteiger partial charge in [0.25, 0.3) is 5.91 Å². The molecule has 9 nitrogen and oxygen atoms in total. The summed E-state index contributed by atoms with van der Waals surface area (Å²) in [5.74, 6) is 0.207. The summed E-state index contributed by atoms with van der Waals surface area (Å²) in [6.07, 6.45) is 14.7. The average Bonchev–Trinajstić information content (AvgIpc) is 3.66. The molecule has 6 aliphatic rings. The van der Waals surface area contributed by atoms with Gasteiger partial charge >= 0.3 is 0 Å². The number of hydrogen-bond acceptors (Lipinski definition) is 7. The molecule has 1 amide bonds. The molecule has 4 heterocycles. The molecule has 42 heavy (non-hydrogen) atoms. The molecule has 3 N–H and O–H groups in total. The Morgan fingerprint density at radius 3 is 2.74 bits per heavy atom. The van der Waals surface area contributed by atoms with Gasteiger partial charge in [-0.25, -0.2) is 9.37 Å². The molecule has 2 saturated heterocycles. The van der Waals surface area contributed by atoms with E-state index in [1.54, 1.807) is 12.5 Å². The average molecular weight is 583 g/mol. The summed E-state index contributed by atoms with van der Waals surface area (Å²) in [6.45, 7) is 2.23. The third-order valence-corrected chi connectivity index (χ3v) is 11.5. The van der Waals surface area contributed by atoms with Crippen LogP contribution < -0.4 is 10.6 Å². The third kappa shape index (κ3) is 5.32. The number of H-pyrrole nitrogens is 1. The number of ketones is 1. The van der Waals surface area contributed by atoms with Crippen molar-refractivity contribution in [2.45, 2.75) is 113 Å². The number of aromatic nitrogens is 2. The molecule has 10 heteroatoms. The van der Waals surface area contributed by atoms with Gasteiger partial charge in [0.2, 0.25) is 0 Å². The molecular weight excluding hydrogens is 535 g/mol. The fourth-order valence-corrected chi connectivity index (χ4v) is 9.28. The maximum atomic E-state index is 16.0. The number of carbonyl (C=O) groups is 2. The van der Waals surface area contributed by atoms with E-state index in [1.165, 1.54) is 32.1 Å². The topological polar surface area (TPSA) is 103 Å². The molecule has 3 aliphatic heterocycles. The van der Waals surface area contributed by atoms with Crippen molar-refractivity contribution in [2.24, 2.45) is 17.8 Å². The first kappa shape index (κ1) is 28.5. The number of carbonyl (C=O) groups excluding carboxylic acids is 2. The number of rotatable bonds is 8. The number of hydrogen-bond donors (Lipinski definition) is 3. The van der Waals surface area contributed by atoms with Crippen LogP contribution in [0.15, 0.2) is 24.3 Å². The van der Waals surface area contributed by atoms with Gasteiger partial charge < -0.3 is 30.2 Å². The highest BCUT2D eigenvalue weighted by molar-refractivity contribution is 6.20. The molecule has 10 atom stereocenters. The molecule has 3 saturated carbocycles. The zero-order valence-electron chi connectivity index (χ0n) is 24.8. The quantitative estimate of drug-likeness (QED) is 0.405. The number of amides is 1. The second kappa shape index (κ2) is 12.0. The third-order valence-electron chi connectivity index (χ3n) is 11.5. The SMILES string of the molecule is CN1CCCC1CCNC(=O)C1=CN2C3CC4CCCCC4CC3OC3C(NCCc4cnc[nH]4)C(F)CC(C1=O)C32. The smallest absolute Gasteiger partial charge is 0.256 e. The summed E-state index contributed by atoms with van der Waals surface area (Å²) in [4.78, 5) is 39.3. The van der Waals surface area contributed by atoms with Crippen LogP contribution in [-0.2, 0) is 20.7 Å². The van der Waals surface area contributed by atoms with Crippen LogP contribution in [-0.4, -0.2) is 101 Å².